The number of hydrogen-bond donors (Lipinski definition) is 3. The molecule has 0 radical (unpaired) electrons. The molecule has 2 unspecified atom stereocenters. The molecule has 2 atom stereocenters. The van der Waals surface area contributed by atoms with Crippen LogP contribution in [0.3, 0.4) is 0 Å². The minimum atomic E-state index is -0.238. The Hall–Kier alpha value is -2.28. The molecular formula is C19H22ClN3O3. The van der Waals surface area contributed by atoms with Crippen LogP contribution < -0.4 is 25.6 Å². The second kappa shape index (κ2) is 8.40. The molecule has 2 aromatic carbocycles. The summed E-state index contributed by atoms with van der Waals surface area (Å²) in [6.07, 6.45) is 0. The summed E-state index contributed by atoms with van der Waals surface area (Å²) in [4.78, 5) is 12.7. The Balaban J connectivity index is 1.68. The third-order valence-corrected chi connectivity index (χ3v) is 4.71. The normalized spacial score (nSPS) is 19.2. The Morgan fingerprint density at radius 3 is 2.81 bits per heavy atom. The molecule has 2 aromatic rings. The minimum Gasteiger partial charge on any atom is -0.497 e. The summed E-state index contributed by atoms with van der Waals surface area (Å²) in [5, 5.41) is 3.65. The van der Waals surface area contributed by atoms with Crippen LogP contribution in [0.4, 0.5) is 0 Å². The molecule has 0 aliphatic carbocycles. The third kappa shape index (κ3) is 4.09. The van der Waals surface area contributed by atoms with Crippen LogP contribution in [0.2, 0.25) is 5.02 Å². The zero-order valence-electron chi connectivity index (χ0n) is 14.7. The molecule has 3 rings (SSSR count). The quantitative estimate of drug-likeness (QED) is 0.723. The number of amides is 1. The van der Waals surface area contributed by atoms with Crippen LogP contribution in [-0.2, 0) is 11.3 Å². The Bertz CT molecular complexity index is 784. The molecule has 26 heavy (non-hydrogen) atoms. The van der Waals surface area contributed by atoms with Crippen molar-refractivity contribution in [1.29, 1.82) is 0 Å². The summed E-state index contributed by atoms with van der Waals surface area (Å²) in [6, 6.07) is 12.9. The molecule has 6 nitrogen and oxygen atoms in total. The van der Waals surface area contributed by atoms with E-state index in [-0.39, 0.29) is 17.9 Å². The van der Waals surface area contributed by atoms with Gasteiger partial charge >= 0.3 is 0 Å². The summed E-state index contributed by atoms with van der Waals surface area (Å²) in [5.74, 6) is 1.11. The first-order chi connectivity index (χ1) is 12.6. The number of hydrazine groups is 1. The number of ether oxygens (including phenoxy) is 2. The van der Waals surface area contributed by atoms with E-state index in [4.69, 9.17) is 21.1 Å². The highest BCUT2D eigenvalue weighted by molar-refractivity contribution is 6.30. The first-order valence-corrected chi connectivity index (χ1v) is 8.72. The van der Waals surface area contributed by atoms with Crippen molar-refractivity contribution in [2.24, 2.45) is 5.92 Å². The van der Waals surface area contributed by atoms with Crippen LogP contribution in [0.25, 0.3) is 0 Å². The fourth-order valence-electron chi connectivity index (χ4n) is 3.07. The molecule has 3 N–H and O–H groups in total. The third-order valence-electron chi connectivity index (χ3n) is 4.47. The number of rotatable bonds is 6. The van der Waals surface area contributed by atoms with Gasteiger partial charge in [-0.05, 0) is 29.8 Å². The van der Waals surface area contributed by atoms with Crippen molar-refractivity contribution in [3.05, 3.63) is 58.6 Å². The highest BCUT2D eigenvalue weighted by Crippen LogP contribution is 2.28. The van der Waals surface area contributed by atoms with Crippen LogP contribution in [0.5, 0.6) is 11.5 Å². The summed E-state index contributed by atoms with van der Waals surface area (Å²) in [7, 11) is 3.20. The van der Waals surface area contributed by atoms with E-state index in [0.29, 0.717) is 29.6 Å². The zero-order chi connectivity index (χ0) is 18.5. The summed E-state index contributed by atoms with van der Waals surface area (Å²) in [6.45, 7) is 0.924. The maximum Gasteiger partial charge on any atom is 0.226 e. The summed E-state index contributed by atoms with van der Waals surface area (Å²) in [5.41, 5.74) is 8.08. The minimum absolute atomic E-state index is 0.0367. The molecule has 1 fully saturated rings. The van der Waals surface area contributed by atoms with Gasteiger partial charge in [0, 0.05) is 29.7 Å². The Labute approximate surface area is 157 Å². The molecular weight excluding hydrogens is 354 g/mol. The Kier molecular flexibility index (Phi) is 5.98. The van der Waals surface area contributed by atoms with Gasteiger partial charge in [-0.2, -0.15) is 0 Å². The van der Waals surface area contributed by atoms with Gasteiger partial charge in [0.15, 0.2) is 0 Å². The topological polar surface area (TPSA) is 71.6 Å². The molecule has 0 saturated carbocycles. The van der Waals surface area contributed by atoms with E-state index in [1.54, 1.807) is 20.3 Å². The number of hydrogen-bond acceptors (Lipinski definition) is 5. The standard InChI is InChI=1S/C19H22ClN3O3/c1-25-15-7-6-13(17(9-15)26-2)10-21-19(24)16-11-22-23-18(16)12-4-3-5-14(20)8-12/h3-9,16,18,22-23H,10-11H2,1-2H3,(H,21,24). The van der Waals surface area contributed by atoms with Crippen molar-refractivity contribution < 1.29 is 14.3 Å². The Morgan fingerprint density at radius 2 is 2.08 bits per heavy atom. The first kappa shape index (κ1) is 18.5. The highest BCUT2D eigenvalue weighted by Gasteiger charge is 2.33. The van der Waals surface area contributed by atoms with Gasteiger partial charge in [0.05, 0.1) is 26.2 Å². The Morgan fingerprint density at radius 1 is 1.23 bits per heavy atom. The van der Waals surface area contributed by atoms with E-state index in [9.17, 15) is 4.79 Å². The van der Waals surface area contributed by atoms with Crippen molar-refractivity contribution in [3.8, 4) is 11.5 Å². The zero-order valence-corrected chi connectivity index (χ0v) is 15.5. The maximum atomic E-state index is 12.7. The van der Waals surface area contributed by atoms with Crippen molar-refractivity contribution in [1.82, 2.24) is 16.2 Å². The second-order valence-corrected chi connectivity index (χ2v) is 6.50. The monoisotopic (exact) mass is 375 g/mol. The van der Waals surface area contributed by atoms with Crippen molar-refractivity contribution in [3.63, 3.8) is 0 Å². The van der Waals surface area contributed by atoms with Gasteiger partial charge in [-0.1, -0.05) is 23.7 Å². The van der Waals surface area contributed by atoms with Crippen LogP contribution in [0.15, 0.2) is 42.5 Å². The lowest BCUT2D eigenvalue weighted by molar-refractivity contribution is -0.125. The predicted molar refractivity (Wildman–Crippen MR) is 100 cm³/mol. The molecule has 0 spiro atoms. The highest BCUT2D eigenvalue weighted by atomic mass is 35.5. The van der Waals surface area contributed by atoms with Gasteiger partial charge in [-0.15, -0.1) is 0 Å². The SMILES string of the molecule is COc1ccc(CNC(=O)C2CNNC2c2cccc(Cl)c2)c(OC)c1. The summed E-state index contributed by atoms with van der Waals surface area (Å²) < 4.78 is 10.6. The van der Waals surface area contributed by atoms with Gasteiger partial charge < -0.3 is 14.8 Å². The largest absolute Gasteiger partial charge is 0.497 e. The number of halogens is 1. The number of nitrogens with one attached hydrogen (secondary N) is 3. The van der Waals surface area contributed by atoms with Gasteiger partial charge in [0.25, 0.3) is 0 Å². The van der Waals surface area contributed by atoms with E-state index in [0.717, 1.165) is 11.1 Å². The molecule has 1 saturated heterocycles. The fraction of sp³-hybridized carbons (Fsp3) is 0.316. The number of benzene rings is 2. The van der Waals surface area contributed by atoms with E-state index in [1.807, 2.05) is 36.4 Å². The lowest BCUT2D eigenvalue weighted by Gasteiger charge is -2.19. The van der Waals surface area contributed by atoms with Crippen molar-refractivity contribution >= 4 is 17.5 Å². The van der Waals surface area contributed by atoms with E-state index >= 15 is 0 Å². The van der Waals surface area contributed by atoms with Crippen LogP contribution in [0.1, 0.15) is 17.2 Å². The van der Waals surface area contributed by atoms with Crippen LogP contribution in [0, 0.1) is 5.92 Å². The van der Waals surface area contributed by atoms with Crippen molar-refractivity contribution in [2.75, 3.05) is 20.8 Å². The molecule has 1 aliphatic rings. The predicted octanol–water partition coefficient (Wildman–Crippen LogP) is 2.44. The van der Waals surface area contributed by atoms with Gasteiger partial charge in [-0.3, -0.25) is 10.2 Å². The average molecular weight is 376 g/mol. The fourth-order valence-corrected chi connectivity index (χ4v) is 3.27. The number of carbonyl (C=O) groups is 1. The lowest BCUT2D eigenvalue weighted by Crippen LogP contribution is -2.34. The van der Waals surface area contributed by atoms with Gasteiger partial charge in [-0.25, -0.2) is 5.43 Å². The average Bonchev–Trinajstić information content (AvgIpc) is 3.16. The molecule has 0 aromatic heterocycles. The van der Waals surface area contributed by atoms with Crippen LogP contribution >= 0.6 is 11.6 Å². The molecule has 7 heteroatoms. The smallest absolute Gasteiger partial charge is 0.226 e. The van der Waals surface area contributed by atoms with E-state index in [2.05, 4.69) is 16.2 Å². The van der Waals surface area contributed by atoms with E-state index in [1.165, 1.54) is 0 Å². The maximum absolute atomic E-state index is 12.7. The molecule has 1 heterocycles. The first-order valence-electron chi connectivity index (χ1n) is 8.35. The van der Waals surface area contributed by atoms with Gasteiger partial charge in [0.2, 0.25) is 5.91 Å². The second-order valence-electron chi connectivity index (χ2n) is 6.06. The van der Waals surface area contributed by atoms with Crippen LogP contribution in [-0.4, -0.2) is 26.7 Å². The molecule has 138 valence electrons. The van der Waals surface area contributed by atoms with E-state index < -0.39 is 0 Å². The number of carbonyl (C=O) groups excluding carboxylic acids is 1. The number of methoxy groups -OCH3 is 2. The van der Waals surface area contributed by atoms with Gasteiger partial charge in [0.1, 0.15) is 11.5 Å². The molecule has 1 aliphatic heterocycles. The molecule has 1 amide bonds. The molecule has 0 bridgehead atoms. The van der Waals surface area contributed by atoms with Crippen molar-refractivity contribution in [2.45, 2.75) is 12.6 Å². The summed E-state index contributed by atoms with van der Waals surface area (Å²) >= 11 is 6.08. The lowest BCUT2D eigenvalue weighted by atomic mass is 9.94.